The van der Waals surface area contributed by atoms with E-state index < -0.39 is 5.97 Å². The number of carboxylic acids is 1. The second kappa shape index (κ2) is 5.95. The van der Waals surface area contributed by atoms with E-state index in [1.807, 2.05) is 12.1 Å². The Balaban J connectivity index is 2.55. The minimum Gasteiger partial charge on any atom is -0.478 e. The molecule has 0 bridgehead atoms. The Bertz CT molecular complexity index is 397. The van der Waals surface area contributed by atoms with E-state index in [1.165, 1.54) is 5.56 Å². The van der Waals surface area contributed by atoms with Crippen LogP contribution in [0.4, 0.5) is 5.69 Å². The summed E-state index contributed by atoms with van der Waals surface area (Å²) in [6.07, 6.45) is 2.67. The van der Waals surface area contributed by atoms with Gasteiger partial charge >= 0.3 is 5.97 Å². The molecule has 0 saturated heterocycles. The van der Waals surface area contributed by atoms with Gasteiger partial charge in [0, 0.05) is 17.8 Å². The Hall–Kier alpha value is -1.77. The normalized spacial score (nSPS) is 11.2. The molecule has 16 heavy (non-hydrogen) atoms. The quantitative estimate of drug-likeness (QED) is 0.748. The van der Waals surface area contributed by atoms with Crippen LogP contribution in [-0.4, -0.2) is 17.6 Å². The van der Waals surface area contributed by atoms with Crippen molar-refractivity contribution < 1.29 is 9.90 Å². The highest BCUT2D eigenvalue weighted by atomic mass is 16.4. The van der Waals surface area contributed by atoms with Gasteiger partial charge in [-0.25, -0.2) is 4.79 Å². The summed E-state index contributed by atoms with van der Waals surface area (Å²) in [6.45, 7) is 4.23. The maximum Gasteiger partial charge on any atom is 0.331 e. The van der Waals surface area contributed by atoms with E-state index in [-0.39, 0.29) is 0 Å². The maximum absolute atomic E-state index is 10.5. The number of benzene rings is 1. The van der Waals surface area contributed by atoms with Crippen LogP contribution in [0.15, 0.2) is 35.9 Å². The van der Waals surface area contributed by atoms with Gasteiger partial charge in [0.15, 0.2) is 0 Å². The minimum atomic E-state index is -0.871. The Kier molecular flexibility index (Phi) is 4.58. The van der Waals surface area contributed by atoms with Crippen LogP contribution < -0.4 is 5.32 Å². The molecule has 0 heterocycles. The number of aryl methyl sites for hydroxylation is 1. The second-order valence-corrected chi connectivity index (χ2v) is 3.63. The lowest BCUT2D eigenvalue weighted by Crippen LogP contribution is -2.03. The molecule has 0 radical (unpaired) electrons. The summed E-state index contributed by atoms with van der Waals surface area (Å²) in [6, 6.07) is 8.12. The fraction of sp³-hybridized carbons (Fsp3) is 0.308. The lowest BCUT2D eigenvalue weighted by Gasteiger charge is -2.05. The Labute approximate surface area is 95.8 Å². The molecule has 0 aliphatic carbocycles. The standard InChI is InChI=1S/C13H17NO2/c1-3-11-5-4-6-12(9-11)14-8-7-10(2)13(15)16/h4-7,9,14H,3,8H2,1-2H3,(H,15,16)/b10-7-. The van der Waals surface area contributed by atoms with Crippen LogP contribution in [-0.2, 0) is 11.2 Å². The highest BCUT2D eigenvalue weighted by Crippen LogP contribution is 2.10. The lowest BCUT2D eigenvalue weighted by atomic mass is 10.1. The first kappa shape index (κ1) is 12.3. The van der Waals surface area contributed by atoms with Crippen LogP contribution in [0.3, 0.4) is 0 Å². The summed E-state index contributed by atoms with van der Waals surface area (Å²) in [5, 5.41) is 11.8. The molecule has 1 aromatic carbocycles. The minimum absolute atomic E-state index is 0.360. The van der Waals surface area contributed by atoms with E-state index in [0.717, 1.165) is 12.1 Å². The number of aliphatic carboxylic acids is 1. The van der Waals surface area contributed by atoms with Crippen LogP contribution in [0.2, 0.25) is 0 Å². The van der Waals surface area contributed by atoms with Crippen LogP contribution in [0.1, 0.15) is 19.4 Å². The van der Waals surface area contributed by atoms with Gasteiger partial charge in [0.1, 0.15) is 0 Å². The smallest absolute Gasteiger partial charge is 0.331 e. The molecule has 2 N–H and O–H groups in total. The molecule has 1 aromatic rings. The van der Waals surface area contributed by atoms with Crippen molar-refractivity contribution in [2.45, 2.75) is 20.3 Å². The zero-order valence-electron chi connectivity index (χ0n) is 9.66. The predicted octanol–water partition coefficient (Wildman–Crippen LogP) is 2.69. The summed E-state index contributed by atoms with van der Waals surface area (Å²) >= 11 is 0. The second-order valence-electron chi connectivity index (χ2n) is 3.63. The Morgan fingerprint density at radius 2 is 2.25 bits per heavy atom. The summed E-state index contributed by atoms with van der Waals surface area (Å²) in [7, 11) is 0. The fourth-order valence-electron chi connectivity index (χ4n) is 1.31. The summed E-state index contributed by atoms with van der Waals surface area (Å²) in [5.74, 6) is -0.871. The third kappa shape index (κ3) is 3.77. The number of anilines is 1. The zero-order valence-corrected chi connectivity index (χ0v) is 9.66. The van der Waals surface area contributed by atoms with Crippen LogP contribution in [0.25, 0.3) is 0 Å². The molecule has 0 spiro atoms. The van der Waals surface area contributed by atoms with E-state index in [0.29, 0.717) is 12.1 Å². The molecule has 3 heteroatoms. The van der Waals surface area contributed by atoms with E-state index in [4.69, 9.17) is 5.11 Å². The zero-order chi connectivity index (χ0) is 12.0. The third-order valence-corrected chi connectivity index (χ3v) is 2.39. The van der Waals surface area contributed by atoms with Crippen LogP contribution in [0.5, 0.6) is 0 Å². The molecular formula is C13H17NO2. The van der Waals surface area contributed by atoms with Crippen molar-refractivity contribution in [3.05, 3.63) is 41.5 Å². The molecule has 0 aromatic heterocycles. The van der Waals surface area contributed by atoms with E-state index in [2.05, 4.69) is 24.4 Å². The van der Waals surface area contributed by atoms with Crippen molar-refractivity contribution in [2.24, 2.45) is 0 Å². The third-order valence-electron chi connectivity index (χ3n) is 2.39. The number of hydrogen-bond donors (Lipinski definition) is 2. The van der Waals surface area contributed by atoms with Gasteiger partial charge in [-0.2, -0.15) is 0 Å². The Morgan fingerprint density at radius 1 is 1.50 bits per heavy atom. The van der Waals surface area contributed by atoms with Gasteiger partial charge in [0.05, 0.1) is 0 Å². The van der Waals surface area contributed by atoms with E-state index >= 15 is 0 Å². The van der Waals surface area contributed by atoms with Gasteiger partial charge in [0.2, 0.25) is 0 Å². The van der Waals surface area contributed by atoms with Crippen molar-refractivity contribution in [1.29, 1.82) is 0 Å². The number of hydrogen-bond acceptors (Lipinski definition) is 2. The first-order valence-electron chi connectivity index (χ1n) is 5.36. The molecule has 0 unspecified atom stereocenters. The van der Waals surface area contributed by atoms with Crippen LogP contribution >= 0.6 is 0 Å². The van der Waals surface area contributed by atoms with Crippen molar-refractivity contribution in [1.82, 2.24) is 0 Å². The average molecular weight is 219 g/mol. The number of carboxylic acid groups (broad SMARTS) is 1. The van der Waals surface area contributed by atoms with Gasteiger partial charge in [-0.3, -0.25) is 0 Å². The SMILES string of the molecule is CCc1cccc(NC/C=C(/C)C(=O)O)c1. The van der Waals surface area contributed by atoms with Crippen molar-refractivity contribution in [2.75, 3.05) is 11.9 Å². The van der Waals surface area contributed by atoms with Crippen molar-refractivity contribution >= 4 is 11.7 Å². The molecule has 0 fully saturated rings. The maximum atomic E-state index is 10.5. The molecule has 3 nitrogen and oxygen atoms in total. The first-order valence-corrected chi connectivity index (χ1v) is 5.36. The lowest BCUT2D eigenvalue weighted by molar-refractivity contribution is -0.132. The van der Waals surface area contributed by atoms with Crippen LogP contribution in [0, 0.1) is 0 Å². The van der Waals surface area contributed by atoms with E-state index in [9.17, 15) is 4.79 Å². The van der Waals surface area contributed by atoms with Gasteiger partial charge in [-0.1, -0.05) is 25.1 Å². The predicted molar refractivity (Wildman–Crippen MR) is 65.7 cm³/mol. The Morgan fingerprint density at radius 3 is 2.88 bits per heavy atom. The summed E-state index contributed by atoms with van der Waals surface area (Å²) in [4.78, 5) is 10.5. The van der Waals surface area contributed by atoms with Gasteiger partial charge in [-0.05, 0) is 31.0 Å². The number of nitrogens with one attached hydrogen (secondary N) is 1. The fourth-order valence-corrected chi connectivity index (χ4v) is 1.31. The van der Waals surface area contributed by atoms with Gasteiger partial charge in [0.25, 0.3) is 0 Å². The average Bonchev–Trinajstić information content (AvgIpc) is 2.29. The number of rotatable bonds is 5. The van der Waals surface area contributed by atoms with E-state index in [1.54, 1.807) is 13.0 Å². The monoisotopic (exact) mass is 219 g/mol. The highest BCUT2D eigenvalue weighted by molar-refractivity contribution is 5.85. The molecule has 86 valence electrons. The largest absolute Gasteiger partial charge is 0.478 e. The molecule has 1 rings (SSSR count). The molecule has 0 saturated carbocycles. The van der Waals surface area contributed by atoms with Crippen molar-refractivity contribution in [3.8, 4) is 0 Å². The van der Waals surface area contributed by atoms with Gasteiger partial charge < -0.3 is 10.4 Å². The molecular weight excluding hydrogens is 202 g/mol. The van der Waals surface area contributed by atoms with Crippen molar-refractivity contribution in [3.63, 3.8) is 0 Å². The molecule has 0 aliphatic heterocycles. The summed E-state index contributed by atoms with van der Waals surface area (Å²) in [5.41, 5.74) is 2.65. The van der Waals surface area contributed by atoms with Gasteiger partial charge in [-0.15, -0.1) is 0 Å². The molecule has 0 atom stereocenters. The molecule has 0 aliphatic rings. The number of carbonyl (C=O) groups is 1. The summed E-state index contributed by atoms with van der Waals surface area (Å²) < 4.78 is 0. The molecule has 0 amide bonds. The topological polar surface area (TPSA) is 49.3 Å². The first-order chi connectivity index (χ1) is 7.63. The highest BCUT2D eigenvalue weighted by Gasteiger charge is 1.98.